The van der Waals surface area contributed by atoms with E-state index in [1.165, 1.54) is 0 Å². The van der Waals surface area contributed by atoms with Gasteiger partial charge in [0.15, 0.2) is 0 Å². The lowest BCUT2D eigenvalue weighted by Gasteiger charge is -2.12. The molecule has 0 aliphatic rings. The van der Waals surface area contributed by atoms with Crippen LogP contribution >= 0.6 is 0 Å². The Hall–Kier alpha value is -1.91. The van der Waals surface area contributed by atoms with Gasteiger partial charge in [-0.2, -0.15) is 0 Å². The molecule has 0 bridgehead atoms. The van der Waals surface area contributed by atoms with Gasteiger partial charge in [-0.1, -0.05) is 26.8 Å². The van der Waals surface area contributed by atoms with Crippen LogP contribution in [0.3, 0.4) is 0 Å². The fourth-order valence-corrected chi connectivity index (χ4v) is 1.68. The number of fused-ring (bicyclic) bond motifs is 1. The van der Waals surface area contributed by atoms with Crippen LogP contribution in [0.1, 0.15) is 26.6 Å². The van der Waals surface area contributed by atoms with Crippen LogP contribution in [0.4, 0.5) is 5.82 Å². The van der Waals surface area contributed by atoms with Crippen LogP contribution in [0.5, 0.6) is 0 Å². The normalized spacial score (nSPS) is 11.9. The van der Waals surface area contributed by atoms with Gasteiger partial charge in [-0.15, -0.1) is 0 Å². The summed E-state index contributed by atoms with van der Waals surface area (Å²) in [6.07, 6.45) is 1.80. The molecule has 0 aliphatic carbocycles. The highest BCUT2D eigenvalue weighted by Gasteiger charge is 2.30. The van der Waals surface area contributed by atoms with Gasteiger partial charge in [0.1, 0.15) is 5.52 Å². The van der Waals surface area contributed by atoms with Crippen LogP contribution in [0.2, 0.25) is 0 Å². The fourth-order valence-electron chi connectivity index (χ4n) is 1.68. The molecule has 0 aromatic carbocycles. The quantitative estimate of drug-likeness (QED) is 0.547. The largest absolute Gasteiger partial charge is 0.389 e. The van der Waals surface area contributed by atoms with Gasteiger partial charge < -0.3 is 10.1 Å². The molecule has 0 spiro atoms. The highest BCUT2D eigenvalue weighted by atomic mass is 16.6. The van der Waals surface area contributed by atoms with Crippen molar-refractivity contribution < 1.29 is 4.92 Å². The minimum Gasteiger partial charge on any atom is -0.358 e. The van der Waals surface area contributed by atoms with Gasteiger partial charge in [0.25, 0.3) is 0 Å². The molecule has 2 heterocycles. The first kappa shape index (κ1) is 10.6. The number of imidazole rings is 1. The summed E-state index contributed by atoms with van der Waals surface area (Å²) >= 11 is 0. The van der Waals surface area contributed by atoms with Crippen LogP contribution < -0.4 is 0 Å². The second kappa shape index (κ2) is 3.30. The molecule has 5 heteroatoms. The zero-order valence-electron chi connectivity index (χ0n) is 9.47. The van der Waals surface area contributed by atoms with Crippen molar-refractivity contribution in [2.24, 2.45) is 0 Å². The predicted octanol–water partition coefficient (Wildman–Crippen LogP) is 2.54. The number of pyridine rings is 1. The molecule has 0 N–H and O–H groups in total. The molecule has 0 radical (unpaired) electrons. The molecule has 5 nitrogen and oxygen atoms in total. The number of hydrogen-bond donors (Lipinski definition) is 0. The summed E-state index contributed by atoms with van der Waals surface area (Å²) in [6, 6.07) is 5.32. The van der Waals surface area contributed by atoms with E-state index in [0.717, 1.165) is 0 Å². The summed E-state index contributed by atoms with van der Waals surface area (Å²) in [5, 5.41) is 10.9. The third-order valence-electron chi connectivity index (χ3n) is 2.37. The van der Waals surface area contributed by atoms with E-state index in [1.54, 1.807) is 22.7 Å². The Balaban J connectivity index is 2.82. The van der Waals surface area contributed by atoms with Crippen molar-refractivity contribution in [1.29, 1.82) is 0 Å². The van der Waals surface area contributed by atoms with Crippen LogP contribution in [0.15, 0.2) is 24.4 Å². The third-order valence-corrected chi connectivity index (χ3v) is 2.37. The van der Waals surface area contributed by atoms with Crippen LogP contribution in [-0.2, 0) is 5.41 Å². The van der Waals surface area contributed by atoms with Crippen molar-refractivity contribution in [3.8, 4) is 0 Å². The van der Waals surface area contributed by atoms with Crippen LogP contribution in [0.25, 0.3) is 5.52 Å². The van der Waals surface area contributed by atoms with Gasteiger partial charge in [0.2, 0.25) is 5.82 Å². The van der Waals surface area contributed by atoms with Crippen molar-refractivity contribution >= 4 is 11.3 Å². The van der Waals surface area contributed by atoms with E-state index in [4.69, 9.17) is 0 Å². The van der Waals surface area contributed by atoms with Gasteiger partial charge in [0.05, 0.1) is 0 Å². The highest BCUT2D eigenvalue weighted by molar-refractivity contribution is 5.62. The average Bonchev–Trinajstić information content (AvgIpc) is 2.56. The van der Waals surface area contributed by atoms with E-state index in [2.05, 4.69) is 4.98 Å². The minimum atomic E-state index is -0.440. The predicted molar refractivity (Wildman–Crippen MR) is 60.5 cm³/mol. The molecule has 2 aromatic heterocycles. The van der Waals surface area contributed by atoms with Gasteiger partial charge >= 0.3 is 5.82 Å². The molecule has 16 heavy (non-hydrogen) atoms. The van der Waals surface area contributed by atoms with E-state index < -0.39 is 4.92 Å². The molecule has 0 fully saturated rings. The Morgan fingerprint density at radius 1 is 1.38 bits per heavy atom. The smallest absolute Gasteiger partial charge is 0.358 e. The standard InChI is InChI=1S/C11H13N3O2/c1-11(2,3)10-12-9(14(15)16)8-6-4-5-7-13(8)10/h4-7H,1-3H3. The van der Waals surface area contributed by atoms with E-state index in [0.29, 0.717) is 11.3 Å². The van der Waals surface area contributed by atoms with Crippen molar-refractivity contribution in [2.75, 3.05) is 0 Å². The van der Waals surface area contributed by atoms with Gasteiger partial charge in [-0.05, 0) is 22.0 Å². The number of nitro groups is 1. The van der Waals surface area contributed by atoms with Crippen molar-refractivity contribution in [3.05, 3.63) is 40.3 Å². The molecule has 0 saturated heterocycles. The Morgan fingerprint density at radius 2 is 2.06 bits per heavy atom. The molecular formula is C11H13N3O2. The molecule has 0 amide bonds. The SMILES string of the molecule is CC(C)(C)c1nc([N+](=O)[O-])c2ccccn12. The number of hydrogen-bond acceptors (Lipinski definition) is 3. The molecule has 0 unspecified atom stereocenters. The van der Waals surface area contributed by atoms with Crippen LogP contribution in [-0.4, -0.2) is 14.3 Å². The third kappa shape index (κ3) is 1.54. The molecule has 0 saturated carbocycles. The van der Waals surface area contributed by atoms with E-state index in [9.17, 15) is 10.1 Å². The average molecular weight is 219 g/mol. The second-order valence-electron chi connectivity index (χ2n) is 4.72. The van der Waals surface area contributed by atoms with Crippen LogP contribution in [0, 0.1) is 10.1 Å². The molecule has 0 atom stereocenters. The van der Waals surface area contributed by atoms with Crippen molar-refractivity contribution in [2.45, 2.75) is 26.2 Å². The van der Waals surface area contributed by atoms with Crippen molar-refractivity contribution in [3.63, 3.8) is 0 Å². The summed E-state index contributed by atoms with van der Waals surface area (Å²) in [5.74, 6) is 0.625. The van der Waals surface area contributed by atoms with Gasteiger partial charge in [-0.3, -0.25) is 4.40 Å². The number of aromatic nitrogens is 2. The van der Waals surface area contributed by atoms with Gasteiger partial charge in [0, 0.05) is 11.6 Å². The fraction of sp³-hybridized carbons (Fsp3) is 0.364. The summed E-state index contributed by atoms with van der Waals surface area (Å²) in [5.41, 5.74) is 0.316. The first-order chi connectivity index (χ1) is 7.41. The number of nitrogens with zero attached hydrogens (tertiary/aromatic N) is 3. The maximum Gasteiger partial charge on any atom is 0.389 e. The molecule has 2 aromatic rings. The molecule has 2 rings (SSSR count). The zero-order chi connectivity index (χ0) is 11.9. The Bertz CT molecular complexity index is 552. The lowest BCUT2D eigenvalue weighted by atomic mass is 9.96. The molecular weight excluding hydrogens is 206 g/mol. The Morgan fingerprint density at radius 3 is 2.62 bits per heavy atom. The van der Waals surface area contributed by atoms with E-state index >= 15 is 0 Å². The lowest BCUT2D eigenvalue weighted by Crippen LogP contribution is -2.15. The minimum absolute atomic E-state index is 0.0782. The summed E-state index contributed by atoms with van der Waals surface area (Å²) < 4.78 is 1.78. The first-order valence-electron chi connectivity index (χ1n) is 5.03. The monoisotopic (exact) mass is 219 g/mol. The Kier molecular flexibility index (Phi) is 2.18. The zero-order valence-corrected chi connectivity index (χ0v) is 9.47. The summed E-state index contributed by atoms with van der Waals surface area (Å²) in [4.78, 5) is 14.6. The highest BCUT2D eigenvalue weighted by Crippen LogP contribution is 2.27. The van der Waals surface area contributed by atoms with E-state index in [-0.39, 0.29) is 11.2 Å². The Labute approximate surface area is 92.9 Å². The topological polar surface area (TPSA) is 60.4 Å². The van der Waals surface area contributed by atoms with Gasteiger partial charge in [-0.25, -0.2) is 0 Å². The number of rotatable bonds is 1. The first-order valence-corrected chi connectivity index (χ1v) is 5.03. The second-order valence-corrected chi connectivity index (χ2v) is 4.72. The lowest BCUT2D eigenvalue weighted by molar-refractivity contribution is -0.387. The molecule has 84 valence electrons. The maximum absolute atomic E-state index is 10.9. The molecule has 0 aliphatic heterocycles. The summed E-state index contributed by atoms with van der Waals surface area (Å²) in [7, 11) is 0. The summed E-state index contributed by atoms with van der Waals surface area (Å²) in [6.45, 7) is 5.95. The van der Waals surface area contributed by atoms with Crippen molar-refractivity contribution in [1.82, 2.24) is 9.38 Å². The van der Waals surface area contributed by atoms with E-state index in [1.807, 2.05) is 26.8 Å². The maximum atomic E-state index is 10.9.